The van der Waals surface area contributed by atoms with Crippen LogP contribution in [0.4, 0.5) is 11.8 Å². The second-order valence-electron chi connectivity index (χ2n) is 6.93. The summed E-state index contributed by atoms with van der Waals surface area (Å²) in [6, 6.07) is 15.4. The van der Waals surface area contributed by atoms with E-state index in [1.165, 1.54) is 0 Å². The Bertz CT molecular complexity index is 1260. The number of fused-ring (bicyclic) bond motifs is 1. The Labute approximate surface area is 187 Å². The molecular formula is C22H21IN6O. The number of hydrogen-bond acceptors (Lipinski definition) is 6. The fraction of sp³-hybridized carbons (Fsp3) is 0.182. The number of aromatic nitrogens is 4. The first-order valence-electron chi connectivity index (χ1n) is 9.63. The zero-order chi connectivity index (χ0) is 21.1. The number of nitrogens with two attached hydrogens (primary N) is 1. The largest absolute Gasteiger partial charge is 0.369 e. The van der Waals surface area contributed by atoms with Gasteiger partial charge in [-0.1, -0.05) is 30.3 Å². The number of nitrogens with zero attached hydrogens (tertiary/aromatic N) is 4. The van der Waals surface area contributed by atoms with Crippen LogP contribution in [0.1, 0.15) is 17.8 Å². The van der Waals surface area contributed by atoms with E-state index in [4.69, 9.17) is 10.7 Å². The van der Waals surface area contributed by atoms with Crippen molar-refractivity contribution in [1.82, 2.24) is 19.5 Å². The van der Waals surface area contributed by atoms with Gasteiger partial charge in [0.1, 0.15) is 11.6 Å². The van der Waals surface area contributed by atoms with Crippen LogP contribution in [0, 0.1) is 10.5 Å². The predicted octanol–water partition coefficient (Wildman–Crippen LogP) is 3.72. The van der Waals surface area contributed by atoms with Gasteiger partial charge in [-0.3, -0.25) is 9.36 Å². The van der Waals surface area contributed by atoms with Crippen molar-refractivity contribution < 1.29 is 0 Å². The summed E-state index contributed by atoms with van der Waals surface area (Å²) >= 11 is 2.17. The first kappa shape index (κ1) is 20.3. The average Bonchev–Trinajstić information content (AvgIpc) is 2.74. The maximum atomic E-state index is 13.4. The summed E-state index contributed by atoms with van der Waals surface area (Å²) < 4.78 is 2.63. The second kappa shape index (κ2) is 8.78. The molecule has 7 nitrogen and oxygen atoms in total. The Hall–Kier alpha value is -3.01. The Morgan fingerprint density at radius 2 is 1.90 bits per heavy atom. The molecule has 0 saturated carbocycles. The highest BCUT2D eigenvalue weighted by molar-refractivity contribution is 14.1. The molecule has 4 aromatic rings. The number of anilines is 2. The highest BCUT2D eigenvalue weighted by Crippen LogP contribution is 2.18. The maximum absolute atomic E-state index is 13.4. The van der Waals surface area contributed by atoms with Crippen molar-refractivity contribution in [2.24, 2.45) is 0 Å². The normalized spacial score (nSPS) is 11.0. The van der Waals surface area contributed by atoms with E-state index in [-0.39, 0.29) is 11.5 Å². The number of halogens is 1. The summed E-state index contributed by atoms with van der Waals surface area (Å²) in [7, 11) is 0. The van der Waals surface area contributed by atoms with E-state index < -0.39 is 0 Å². The van der Waals surface area contributed by atoms with Crippen molar-refractivity contribution >= 4 is 45.3 Å². The van der Waals surface area contributed by atoms with E-state index in [0.717, 1.165) is 32.6 Å². The number of hydrogen-bond donors (Lipinski definition) is 2. The first-order chi connectivity index (χ1) is 14.5. The molecule has 0 aliphatic rings. The molecule has 0 radical (unpaired) electrons. The van der Waals surface area contributed by atoms with Crippen molar-refractivity contribution in [3.63, 3.8) is 0 Å². The number of benzene rings is 2. The Morgan fingerprint density at radius 3 is 2.70 bits per heavy atom. The van der Waals surface area contributed by atoms with E-state index in [2.05, 4.69) is 37.9 Å². The Kier molecular flexibility index (Phi) is 5.93. The summed E-state index contributed by atoms with van der Waals surface area (Å²) in [5.41, 5.74) is 8.12. The van der Waals surface area contributed by atoms with Gasteiger partial charge in [-0.05, 0) is 59.7 Å². The molecule has 0 bridgehead atoms. The van der Waals surface area contributed by atoms with Crippen molar-refractivity contribution in [3.05, 3.63) is 80.0 Å². The molecular weight excluding hydrogens is 491 g/mol. The fourth-order valence-electron chi connectivity index (χ4n) is 3.41. The number of nitrogen functional groups attached to an aromatic ring is 1. The highest BCUT2D eigenvalue weighted by atomic mass is 127. The van der Waals surface area contributed by atoms with Gasteiger partial charge in [-0.2, -0.15) is 4.98 Å². The van der Waals surface area contributed by atoms with E-state index in [1.54, 1.807) is 10.8 Å². The molecule has 0 spiro atoms. The van der Waals surface area contributed by atoms with E-state index >= 15 is 0 Å². The van der Waals surface area contributed by atoms with Crippen molar-refractivity contribution in [1.29, 1.82) is 0 Å². The maximum Gasteiger partial charge on any atom is 0.266 e. The lowest BCUT2D eigenvalue weighted by atomic mass is 10.1. The molecule has 0 unspecified atom stereocenters. The van der Waals surface area contributed by atoms with E-state index in [0.29, 0.717) is 24.2 Å². The lowest BCUT2D eigenvalue weighted by Crippen LogP contribution is -2.25. The van der Waals surface area contributed by atoms with Crippen LogP contribution >= 0.6 is 22.6 Å². The summed E-state index contributed by atoms with van der Waals surface area (Å²) in [6.45, 7) is 2.61. The molecule has 3 N–H and O–H groups in total. The van der Waals surface area contributed by atoms with Crippen LogP contribution in [-0.2, 0) is 6.42 Å². The number of aryl methyl sites for hydroxylation is 2. The predicted molar refractivity (Wildman–Crippen MR) is 128 cm³/mol. The van der Waals surface area contributed by atoms with Crippen molar-refractivity contribution in [2.45, 2.75) is 19.8 Å². The minimum atomic E-state index is -0.0367. The minimum absolute atomic E-state index is 0.0367. The van der Waals surface area contributed by atoms with Gasteiger partial charge in [0.2, 0.25) is 5.95 Å². The molecule has 30 heavy (non-hydrogen) atoms. The van der Waals surface area contributed by atoms with Gasteiger partial charge in [-0.15, -0.1) is 0 Å². The van der Waals surface area contributed by atoms with Gasteiger partial charge in [-0.25, -0.2) is 9.97 Å². The number of rotatable bonds is 6. The van der Waals surface area contributed by atoms with Crippen LogP contribution in [0.15, 0.2) is 59.5 Å². The summed E-state index contributed by atoms with van der Waals surface area (Å²) in [4.78, 5) is 26.4. The topological polar surface area (TPSA) is 98.7 Å². The fourth-order valence-corrected chi connectivity index (χ4v) is 3.86. The number of para-hydroxylation sites is 1. The van der Waals surface area contributed by atoms with Gasteiger partial charge in [0.25, 0.3) is 5.56 Å². The van der Waals surface area contributed by atoms with Crippen LogP contribution in [0.25, 0.3) is 16.6 Å². The van der Waals surface area contributed by atoms with Crippen molar-refractivity contribution in [3.8, 4) is 5.69 Å². The van der Waals surface area contributed by atoms with Crippen molar-refractivity contribution in [2.75, 3.05) is 17.6 Å². The van der Waals surface area contributed by atoms with Crippen LogP contribution in [0.5, 0.6) is 0 Å². The molecule has 152 valence electrons. The molecule has 0 aliphatic carbocycles. The van der Waals surface area contributed by atoms with Gasteiger partial charge < -0.3 is 11.1 Å². The summed E-state index contributed by atoms with van der Waals surface area (Å²) in [6.07, 6.45) is 3.10. The SMILES string of the molecule is Cc1cccc2nc(CCCNc3nc(N)ncc3I)n(-c3ccccc3)c(=O)c12. The lowest BCUT2D eigenvalue weighted by molar-refractivity contribution is 0.753. The smallest absolute Gasteiger partial charge is 0.266 e. The Morgan fingerprint density at radius 1 is 1.10 bits per heavy atom. The van der Waals surface area contributed by atoms with Crippen LogP contribution in [0.2, 0.25) is 0 Å². The van der Waals surface area contributed by atoms with E-state index in [9.17, 15) is 4.79 Å². The average molecular weight is 512 g/mol. The van der Waals surface area contributed by atoms with Gasteiger partial charge in [0.15, 0.2) is 0 Å². The molecule has 0 fully saturated rings. The highest BCUT2D eigenvalue weighted by Gasteiger charge is 2.14. The number of nitrogens with one attached hydrogen (secondary N) is 1. The zero-order valence-corrected chi connectivity index (χ0v) is 18.6. The lowest BCUT2D eigenvalue weighted by Gasteiger charge is -2.15. The summed E-state index contributed by atoms with van der Waals surface area (Å²) in [5, 5.41) is 3.95. The first-order valence-corrected chi connectivity index (χ1v) is 10.7. The Balaban J connectivity index is 1.64. The van der Waals surface area contributed by atoms with Crippen LogP contribution < -0.4 is 16.6 Å². The third-order valence-corrected chi connectivity index (χ3v) is 5.61. The van der Waals surface area contributed by atoms with Gasteiger partial charge >= 0.3 is 0 Å². The monoisotopic (exact) mass is 512 g/mol. The standard InChI is InChI=1S/C22H21IN6O/c1-14-7-5-10-17-19(14)21(30)29(15-8-3-2-4-9-15)18(27-17)11-6-12-25-20-16(23)13-26-22(24)28-20/h2-5,7-10,13H,6,11-12H2,1H3,(H3,24,25,26,28). The third kappa shape index (κ3) is 4.13. The quantitative estimate of drug-likeness (QED) is 0.302. The molecule has 2 aromatic heterocycles. The molecule has 4 rings (SSSR count). The molecule has 0 aliphatic heterocycles. The second-order valence-corrected chi connectivity index (χ2v) is 8.09. The van der Waals surface area contributed by atoms with E-state index in [1.807, 2.05) is 55.5 Å². The molecule has 8 heteroatoms. The zero-order valence-electron chi connectivity index (χ0n) is 16.5. The third-order valence-electron chi connectivity index (χ3n) is 4.82. The molecule has 0 saturated heterocycles. The van der Waals surface area contributed by atoms with Gasteiger partial charge in [0.05, 0.1) is 20.2 Å². The molecule has 0 amide bonds. The van der Waals surface area contributed by atoms with Crippen LogP contribution in [0.3, 0.4) is 0 Å². The molecule has 0 atom stereocenters. The summed E-state index contributed by atoms with van der Waals surface area (Å²) in [5.74, 6) is 1.69. The molecule has 2 heterocycles. The van der Waals surface area contributed by atoms with Crippen LogP contribution in [-0.4, -0.2) is 26.1 Å². The molecule has 2 aromatic carbocycles. The van der Waals surface area contributed by atoms with Gasteiger partial charge in [0, 0.05) is 19.2 Å². The minimum Gasteiger partial charge on any atom is -0.369 e.